The number of carbonyl (C=O) groups is 1. The highest BCUT2D eigenvalue weighted by Gasteiger charge is 2.26. The van der Waals surface area contributed by atoms with E-state index in [-0.39, 0.29) is 11.8 Å². The van der Waals surface area contributed by atoms with Crippen molar-refractivity contribution in [2.45, 2.75) is 19.4 Å². The van der Waals surface area contributed by atoms with Gasteiger partial charge in [0, 0.05) is 43.5 Å². The van der Waals surface area contributed by atoms with Crippen LogP contribution in [0.15, 0.2) is 60.9 Å². The van der Waals surface area contributed by atoms with E-state index in [0.29, 0.717) is 23.0 Å². The minimum atomic E-state index is 0.000232. The molecule has 162 valence electrons. The van der Waals surface area contributed by atoms with E-state index < -0.39 is 0 Å². The first-order valence-electron chi connectivity index (χ1n) is 10.6. The summed E-state index contributed by atoms with van der Waals surface area (Å²) in [5.74, 6) is 1.54. The Morgan fingerprint density at radius 1 is 1.06 bits per heavy atom. The Hall–Kier alpha value is -3.52. The molecular formula is C23H22ClN7O. The molecule has 0 aliphatic carbocycles. The number of anilines is 1. The lowest BCUT2D eigenvalue weighted by Crippen LogP contribution is -2.40. The van der Waals surface area contributed by atoms with Crippen LogP contribution in [0.4, 0.5) is 5.82 Å². The largest absolute Gasteiger partial charge is 0.355 e. The minimum absolute atomic E-state index is 0.000232. The molecule has 1 fully saturated rings. The second-order valence-electron chi connectivity index (χ2n) is 7.81. The molecule has 8 nitrogen and oxygen atoms in total. The Labute approximate surface area is 190 Å². The van der Waals surface area contributed by atoms with Crippen molar-refractivity contribution >= 4 is 29.0 Å². The molecular weight excluding hydrogens is 426 g/mol. The van der Waals surface area contributed by atoms with Crippen LogP contribution in [0.1, 0.15) is 18.4 Å². The van der Waals surface area contributed by atoms with Crippen molar-refractivity contribution in [1.29, 1.82) is 0 Å². The summed E-state index contributed by atoms with van der Waals surface area (Å²) in [5.41, 5.74) is 2.45. The maximum atomic E-state index is 12.6. The number of piperidine rings is 1. The number of hydrogen-bond acceptors (Lipinski definition) is 6. The molecule has 1 aromatic carbocycles. The van der Waals surface area contributed by atoms with Gasteiger partial charge in [-0.1, -0.05) is 29.8 Å². The molecule has 9 heteroatoms. The van der Waals surface area contributed by atoms with Gasteiger partial charge in [0.15, 0.2) is 11.5 Å². The zero-order valence-electron chi connectivity index (χ0n) is 17.4. The zero-order valence-corrected chi connectivity index (χ0v) is 18.1. The number of amides is 1. The molecule has 3 aromatic heterocycles. The van der Waals surface area contributed by atoms with Crippen LogP contribution in [-0.4, -0.2) is 43.8 Å². The van der Waals surface area contributed by atoms with Crippen molar-refractivity contribution in [3.63, 3.8) is 0 Å². The highest BCUT2D eigenvalue weighted by Crippen LogP contribution is 2.27. The van der Waals surface area contributed by atoms with Gasteiger partial charge in [-0.3, -0.25) is 9.78 Å². The van der Waals surface area contributed by atoms with Crippen LogP contribution in [0.5, 0.6) is 0 Å². The summed E-state index contributed by atoms with van der Waals surface area (Å²) in [6, 6.07) is 15.2. The molecule has 0 saturated carbocycles. The van der Waals surface area contributed by atoms with Crippen LogP contribution in [0.2, 0.25) is 5.02 Å². The van der Waals surface area contributed by atoms with Crippen LogP contribution in [0.25, 0.3) is 17.0 Å². The number of pyridine rings is 1. The maximum Gasteiger partial charge on any atom is 0.223 e. The van der Waals surface area contributed by atoms with Gasteiger partial charge in [-0.25, -0.2) is 0 Å². The van der Waals surface area contributed by atoms with Crippen LogP contribution >= 0.6 is 11.6 Å². The van der Waals surface area contributed by atoms with Gasteiger partial charge in [0.25, 0.3) is 0 Å². The topological polar surface area (TPSA) is 88.3 Å². The lowest BCUT2D eigenvalue weighted by molar-refractivity contribution is -0.125. The molecule has 4 heterocycles. The summed E-state index contributed by atoms with van der Waals surface area (Å²) in [5, 5.41) is 16.9. The lowest BCUT2D eigenvalue weighted by Gasteiger charge is -2.32. The molecule has 32 heavy (non-hydrogen) atoms. The number of carbonyl (C=O) groups excluding carboxylic acids is 1. The van der Waals surface area contributed by atoms with Gasteiger partial charge in [-0.15, -0.1) is 15.3 Å². The van der Waals surface area contributed by atoms with Crippen molar-refractivity contribution in [1.82, 2.24) is 30.1 Å². The predicted molar refractivity (Wildman–Crippen MR) is 122 cm³/mol. The summed E-state index contributed by atoms with van der Waals surface area (Å²) in [6.45, 7) is 2.02. The minimum Gasteiger partial charge on any atom is -0.355 e. The Balaban J connectivity index is 1.26. The van der Waals surface area contributed by atoms with E-state index >= 15 is 0 Å². The summed E-state index contributed by atoms with van der Waals surface area (Å²) in [4.78, 5) is 18.9. The first-order valence-corrected chi connectivity index (χ1v) is 11.0. The second-order valence-corrected chi connectivity index (χ2v) is 8.21. The molecule has 1 N–H and O–H groups in total. The molecule has 1 aliphatic rings. The third-order valence-electron chi connectivity index (χ3n) is 5.74. The number of halogens is 1. The van der Waals surface area contributed by atoms with Gasteiger partial charge in [0.1, 0.15) is 5.82 Å². The van der Waals surface area contributed by atoms with Crippen molar-refractivity contribution < 1.29 is 4.79 Å². The Kier molecular flexibility index (Phi) is 5.68. The van der Waals surface area contributed by atoms with Crippen LogP contribution < -0.4 is 10.2 Å². The number of hydrogen-bond donors (Lipinski definition) is 1. The molecule has 0 atom stereocenters. The van der Waals surface area contributed by atoms with Gasteiger partial charge in [0.05, 0.1) is 5.02 Å². The van der Waals surface area contributed by atoms with Crippen molar-refractivity contribution in [2.24, 2.45) is 5.92 Å². The van der Waals surface area contributed by atoms with E-state index in [1.165, 1.54) is 0 Å². The van der Waals surface area contributed by atoms with Gasteiger partial charge in [0.2, 0.25) is 5.91 Å². The molecule has 1 aliphatic heterocycles. The monoisotopic (exact) mass is 447 g/mol. The van der Waals surface area contributed by atoms with Crippen molar-refractivity contribution in [2.75, 3.05) is 18.0 Å². The van der Waals surface area contributed by atoms with E-state index in [0.717, 1.165) is 42.9 Å². The van der Waals surface area contributed by atoms with E-state index in [1.54, 1.807) is 16.9 Å². The van der Waals surface area contributed by atoms with Gasteiger partial charge in [-0.2, -0.15) is 4.52 Å². The van der Waals surface area contributed by atoms with Crippen molar-refractivity contribution in [3.05, 3.63) is 71.5 Å². The fourth-order valence-electron chi connectivity index (χ4n) is 3.97. The van der Waals surface area contributed by atoms with Gasteiger partial charge in [-0.05, 0) is 48.7 Å². The van der Waals surface area contributed by atoms with E-state index in [4.69, 9.17) is 16.7 Å². The number of fused-ring (bicyclic) bond motifs is 1. The number of rotatable bonds is 5. The average Bonchev–Trinajstić information content (AvgIpc) is 3.27. The van der Waals surface area contributed by atoms with Crippen LogP contribution in [0, 0.1) is 5.92 Å². The quantitative estimate of drug-likeness (QED) is 0.504. The van der Waals surface area contributed by atoms with Crippen LogP contribution in [-0.2, 0) is 11.3 Å². The Morgan fingerprint density at radius 2 is 1.91 bits per heavy atom. The fourth-order valence-corrected chi connectivity index (χ4v) is 4.19. The zero-order chi connectivity index (χ0) is 21.9. The van der Waals surface area contributed by atoms with E-state index in [1.807, 2.05) is 48.5 Å². The number of benzene rings is 1. The Morgan fingerprint density at radius 3 is 2.69 bits per heavy atom. The van der Waals surface area contributed by atoms with Gasteiger partial charge >= 0.3 is 0 Å². The highest BCUT2D eigenvalue weighted by atomic mass is 35.5. The third-order valence-corrected chi connectivity index (χ3v) is 6.07. The van der Waals surface area contributed by atoms with Gasteiger partial charge < -0.3 is 10.2 Å². The highest BCUT2D eigenvalue weighted by molar-refractivity contribution is 6.33. The first kappa shape index (κ1) is 20.4. The van der Waals surface area contributed by atoms with E-state index in [9.17, 15) is 4.79 Å². The molecule has 0 unspecified atom stereocenters. The maximum absolute atomic E-state index is 12.6. The summed E-state index contributed by atoms with van der Waals surface area (Å²) in [6.07, 6.45) is 5.05. The molecule has 4 aromatic rings. The Bertz CT molecular complexity index is 1240. The molecule has 0 radical (unpaired) electrons. The standard InChI is InChI=1S/C23H22ClN7O/c24-19-6-2-1-5-18(19)22-28-27-20-7-8-21(29-31(20)22)30-12-9-17(10-13-30)23(32)26-15-16-4-3-11-25-14-16/h1-8,11,14,17H,9-10,12-13,15H2,(H,26,32). The third kappa shape index (κ3) is 4.13. The second kappa shape index (κ2) is 8.92. The number of nitrogens with zero attached hydrogens (tertiary/aromatic N) is 6. The normalized spacial score (nSPS) is 14.6. The predicted octanol–water partition coefficient (Wildman–Crippen LogP) is 3.37. The molecule has 0 spiro atoms. The smallest absolute Gasteiger partial charge is 0.223 e. The lowest BCUT2D eigenvalue weighted by atomic mass is 9.96. The number of aromatic nitrogens is 5. The molecule has 1 saturated heterocycles. The van der Waals surface area contributed by atoms with E-state index in [2.05, 4.69) is 25.4 Å². The SMILES string of the molecule is O=C(NCc1cccnc1)C1CCN(c2ccc3nnc(-c4ccccc4Cl)n3n2)CC1. The summed E-state index contributed by atoms with van der Waals surface area (Å²) < 4.78 is 1.73. The molecule has 5 rings (SSSR count). The average molecular weight is 448 g/mol. The molecule has 1 amide bonds. The van der Waals surface area contributed by atoms with Crippen LogP contribution in [0.3, 0.4) is 0 Å². The summed E-state index contributed by atoms with van der Waals surface area (Å²) in [7, 11) is 0. The fraction of sp³-hybridized carbons (Fsp3) is 0.261. The first-order chi connectivity index (χ1) is 15.7. The van der Waals surface area contributed by atoms with Crippen molar-refractivity contribution in [3.8, 4) is 11.4 Å². The molecule has 0 bridgehead atoms. The summed E-state index contributed by atoms with van der Waals surface area (Å²) >= 11 is 6.35. The number of nitrogens with one attached hydrogen (secondary N) is 1.